The quantitative estimate of drug-likeness (QED) is 0.774. The molecule has 3 unspecified atom stereocenters. The number of fused-ring (bicyclic) bond motifs is 2. The van der Waals surface area contributed by atoms with Gasteiger partial charge in [0.05, 0.1) is 0 Å². The number of hydrogen-bond acceptors (Lipinski definition) is 3. The van der Waals surface area contributed by atoms with E-state index in [1.165, 1.54) is 36.6 Å². The molecule has 0 spiro atoms. The zero-order chi connectivity index (χ0) is 14.5. The van der Waals surface area contributed by atoms with E-state index in [-0.39, 0.29) is 10.6 Å². The lowest BCUT2D eigenvalue weighted by molar-refractivity contribution is -0.203. The van der Waals surface area contributed by atoms with Gasteiger partial charge in [0.1, 0.15) is 6.17 Å². The third-order valence-corrected chi connectivity index (χ3v) is 3.95. The molecule has 2 aliphatic heterocycles. The Labute approximate surface area is 118 Å². The van der Waals surface area contributed by atoms with Gasteiger partial charge < -0.3 is 11.1 Å². The zero-order valence-corrected chi connectivity index (χ0v) is 10.9. The van der Waals surface area contributed by atoms with Gasteiger partial charge in [0, 0.05) is 28.4 Å². The molecule has 0 fully saturated rings. The standard InChI is InChI=1S/C13H11ClF3N3/c14-7-3-4-10-9(6-7)12(18,13(15,16)17)8-2-1-5-19-11(8)20-10/h1-6,8,11,20H,18H2. The number of benzene rings is 1. The van der Waals surface area contributed by atoms with Gasteiger partial charge in [-0.05, 0) is 24.3 Å². The average Bonchev–Trinajstić information content (AvgIpc) is 2.39. The van der Waals surface area contributed by atoms with Gasteiger partial charge in [0.2, 0.25) is 0 Å². The van der Waals surface area contributed by atoms with Crippen molar-refractivity contribution in [1.29, 1.82) is 0 Å². The first kappa shape index (κ1) is 13.5. The maximum Gasteiger partial charge on any atom is 0.411 e. The maximum atomic E-state index is 13.6. The highest BCUT2D eigenvalue weighted by Gasteiger charge is 2.62. The zero-order valence-electron chi connectivity index (χ0n) is 10.2. The van der Waals surface area contributed by atoms with Crippen molar-refractivity contribution in [3.63, 3.8) is 0 Å². The van der Waals surface area contributed by atoms with Crippen LogP contribution in [0.15, 0.2) is 35.3 Å². The second-order valence-corrected chi connectivity index (χ2v) is 5.29. The van der Waals surface area contributed by atoms with E-state index in [1.54, 1.807) is 0 Å². The first-order valence-electron chi connectivity index (χ1n) is 5.96. The Morgan fingerprint density at radius 1 is 1.35 bits per heavy atom. The molecule has 0 bridgehead atoms. The summed E-state index contributed by atoms with van der Waals surface area (Å²) in [6.45, 7) is 0. The highest BCUT2D eigenvalue weighted by atomic mass is 35.5. The van der Waals surface area contributed by atoms with Crippen molar-refractivity contribution in [3.05, 3.63) is 40.9 Å². The number of nitrogens with zero attached hydrogens (tertiary/aromatic N) is 1. The highest BCUT2D eigenvalue weighted by Crippen LogP contribution is 2.51. The first-order chi connectivity index (χ1) is 9.34. The Hall–Kier alpha value is -1.53. The number of aliphatic imine (C=N–C) groups is 1. The minimum atomic E-state index is -4.62. The fourth-order valence-electron chi connectivity index (χ4n) is 2.70. The lowest BCUT2D eigenvalue weighted by Crippen LogP contribution is -2.62. The van der Waals surface area contributed by atoms with Crippen LogP contribution in [-0.2, 0) is 5.54 Å². The first-order valence-corrected chi connectivity index (χ1v) is 6.34. The van der Waals surface area contributed by atoms with Crippen LogP contribution in [0.1, 0.15) is 5.56 Å². The van der Waals surface area contributed by atoms with Gasteiger partial charge in [-0.1, -0.05) is 17.7 Å². The third-order valence-electron chi connectivity index (χ3n) is 3.72. The second kappa shape index (κ2) is 4.23. The van der Waals surface area contributed by atoms with Crippen molar-refractivity contribution < 1.29 is 13.2 Å². The Morgan fingerprint density at radius 3 is 2.80 bits per heavy atom. The minimum absolute atomic E-state index is 0.0551. The lowest BCUT2D eigenvalue weighted by Gasteiger charge is -2.46. The van der Waals surface area contributed by atoms with Crippen molar-refractivity contribution in [2.24, 2.45) is 16.6 Å². The highest BCUT2D eigenvalue weighted by molar-refractivity contribution is 6.30. The van der Waals surface area contributed by atoms with E-state index in [2.05, 4.69) is 10.3 Å². The molecule has 3 nitrogen and oxygen atoms in total. The van der Waals surface area contributed by atoms with Crippen LogP contribution in [0.2, 0.25) is 5.02 Å². The van der Waals surface area contributed by atoms with E-state index < -0.39 is 23.8 Å². The van der Waals surface area contributed by atoms with E-state index in [1.807, 2.05) is 0 Å². The predicted molar refractivity (Wildman–Crippen MR) is 71.9 cm³/mol. The Kier molecular flexibility index (Phi) is 2.85. The van der Waals surface area contributed by atoms with Crippen LogP contribution >= 0.6 is 11.6 Å². The topological polar surface area (TPSA) is 50.4 Å². The van der Waals surface area contributed by atoms with E-state index in [9.17, 15) is 13.2 Å². The fraction of sp³-hybridized carbons (Fsp3) is 0.308. The molecule has 3 atom stereocenters. The Bertz CT molecular complexity index is 611. The lowest BCUT2D eigenvalue weighted by atomic mass is 9.72. The van der Waals surface area contributed by atoms with Gasteiger partial charge in [-0.25, -0.2) is 0 Å². The summed E-state index contributed by atoms with van der Waals surface area (Å²) < 4.78 is 40.9. The molecule has 0 saturated carbocycles. The van der Waals surface area contributed by atoms with Crippen molar-refractivity contribution in [2.45, 2.75) is 17.9 Å². The minimum Gasteiger partial charge on any atom is -0.363 e. The van der Waals surface area contributed by atoms with Gasteiger partial charge in [-0.2, -0.15) is 13.2 Å². The number of allylic oxidation sites excluding steroid dienone is 1. The molecule has 3 rings (SSSR count). The van der Waals surface area contributed by atoms with Gasteiger partial charge in [-0.3, -0.25) is 4.99 Å². The van der Waals surface area contributed by atoms with Crippen molar-refractivity contribution >= 4 is 23.5 Å². The number of nitrogens with one attached hydrogen (secondary N) is 1. The molecule has 2 heterocycles. The summed E-state index contributed by atoms with van der Waals surface area (Å²) in [4.78, 5) is 4.05. The number of anilines is 1. The molecule has 0 saturated heterocycles. The van der Waals surface area contributed by atoms with Gasteiger partial charge in [-0.15, -0.1) is 0 Å². The summed E-state index contributed by atoms with van der Waals surface area (Å²) in [6, 6.07) is 4.28. The van der Waals surface area contributed by atoms with Crippen LogP contribution in [0.3, 0.4) is 0 Å². The summed E-state index contributed by atoms with van der Waals surface area (Å²) in [7, 11) is 0. The molecular weight excluding hydrogens is 291 g/mol. The van der Waals surface area contributed by atoms with Crippen molar-refractivity contribution in [3.8, 4) is 0 Å². The average molecular weight is 302 g/mol. The summed E-state index contributed by atoms with van der Waals surface area (Å²) in [5.41, 5.74) is 3.56. The van der Waals surface area contributed by atoms with Gasteiger partial charge in [0.15, 0.2) is 5.54 Å². The largest absolute Gasteiger partial charge is 0.411 e. The molecule has 106 valence electrons. The number of halogens is 4. The van der Waals surface area contributed by atoms with Gasteiger partial charge >= 0.3 is 6.18 Å². The molecule has 0 radical (unpaired) electrons. The van der Waals surface area contributed by atoms with Crippen LogP contribution in [0, 0.1) is 5.92 Å². The van der Waals surface area contributed by atoms with Crippen LogP contribution in [0.5, 0.6) is 0 Å². The number of rotatable bonds is 0. The molecule has 3 N–H and O–H groups in total. The molecule has 1 aromatic rings. The fourth-order valence-corrected chi connectivity index (χ4v) is 2.87. The summed E-state index contributed by atoms with van der Waals surface area (Å²) in [5, 5.41) is 3.18. The van der Waals surface area contributed by atoms with E-state index in [0.717, 1.165) is 0 Å². The van der Waals surface area contributed by atoms with Gasteiger partial charge in [0.25, 0.3) is 0 Å². The molecule has 1 aromatic carbocycles. The smallest absolute Gasteiger partial charge is 0.363 e. The molecule has 0 aromatic heterocycles. The number of alkyl halides is 3. The predicted octanol–water partition coefficient (Wildman–Crippen LogP) is 3.06. The third kappa shape index (κ3) is 1.75. The summed E-state index contributed by atoms with van der Waals surface area (Å²) >= 11 is 5.83. The number of dihydropyridines is 1. The van der Waals surface area contributed by atoms with Crippen molar-refractivity contribution in [2.75, 3.05) is 5.32 Å². The van der Waals surface area contributed by atoms with E-state index in [0.29, 0.717) is 5.69 Å². The molecule has 0 amide bonds. The van der Waals surface area contributed by atoms with Crippen LogP contribution < -0.4 is 11.1 Å². The summed E-state index contributed by atoms with van der Waals surface area (Å²) in [5.74, 6) is -1.02. The second-order valence-electron chi connectivity index (χ2n) is 4.85. The van der Waals surface area contributed by atoms with E-state index >= 15 is 0 Å². The monoisotopic (exact) mass is 301 g/mol. The van der Waals surface area contributed by atoms with E-state index in [4.69, 9.17) is 17.3 Å². The van der Waals surface area contributed by atoms with Crippen LogP contribution in [-0.4, -0.2) is 18.6 Å². The SMILES string of the molecule is NC1(C(F)(F)F)c2cc(Cl)ccc2NC2N=CC=CC21. The normalized spacial score (nSPS) is 31.4. The van der Waals surface area contributed by atoms with Crippen LogP contribution in [0.4, 0.5) is 18.9 Å². The molecule has 0 aliphatic carbocycles. The number of hydrogen-bond donors (Lipinski definition) is 2. The summed E-state index contributed by atoms with van der Waals surface area (Å²) in [6.07, 6.45) is -0.978. The Balaban J connectivity index is 2.25. The molecule has 20 heavy (non-hydrogen) atoms. The molecule has 2 aliphatic rings. The molecular formula is C13H11ClF3N3. The van der Waals surface area contributed by atoms with Crippen molar-refractivity contribution in [1.82, 2.24) is 0 Å². The maximum absolute atomic E-state index is 13.6. The number of nitrogens with two attached hydrogens (primary N) is 1. The van der Waals surface area contributed by atoms with Crippen LogP contribution in [0.25, 0.3) is 0 Å². The molecule has 7 heteroatoms. The Morgan fingerprint density at radius 2 is 2.10 bits per heavy atom.